The molecule has 1 aliphatic heterocycles. The van der Waals surface area contributed by atoms with E-state index in [1.807, 2.05) is 37.8 Å². The Balaban J connectivity index is 1.66. The smallest absolute Gasteiger partial charge is 0.410 e. The molecule has 2 rings (SSSR count). The summed E-state index contributed by atoms with van der Waals surface area (Å²) in [6.07, 6.45) is 2.74. The van der Waals surface area contributed by atoms with Crippen molar-refractivity contribution < 1.29 is 9.53 Å². The van der Waals surface area contributed by atoms with Crippen molar-refractivity contribution in [2.45, 2.75) is 51.7 Å². The van der Waals surface area contributed by atoms with Crippen LogP contribution in [0.15, 0.2) is 24.3 Å². The first-order valence-corrected chi connectivity index (χ1v) is 8.67. The van der Waals surface area contributed by atoms with Crippen LogP contribution in [0.5, 0.6) is 0 Å². The van der Waals surface area contributed by atoms with Gasteiger partial charge in [-0.2, -0.15) is 0 Å². The monoisotopic (exact) mass is 338 g/mol. The van der Waals surface area contributed by atoms with E-state index < -0.39 is 5.60 Å². The molecule has 0 aromatic heterocycles. The van der Waals surface area contributed by atoms with Crippen molar-refractivity contribution in [2.24, 2.45) is 0 Å². The van der Waals surface area contributed by atoms with Gasteiger partial charge in [0.2, 0.25) is 0 Å². The molecule has 0 aliphatic carbocycles. The zero-order chi connectivity index (χ0) is 16.9. The van der Waals surface area contributed by atoms with Crippen LogP contribution < -0.4 is 5.32 Å². The first kappa shape index (κ1) is 18.1. The molecule has 5 heteroatoms. The van der Waals surface area contributed by atoms with Gasteiger partial charge in [0.1, 0.15) is 5.60 Å². The molecule has 0 unspecified atom stereocenters. The molecule has 0 spiro atoms. The lowest BCUT2D eigenvalue weighted by atomic mass is 10.0. The van der Waals surface area contributed by atoms with Crippen LogP contribution in [-0.2, 0) is 11.2 Å². The van der Waals surface area contributed by atoms with Crippen LogP contribution in [0, 0.1) is 0 Å². The number of halogens is 1. The van der Waals surface area contributed by atoms with Crippen molar-refractivity contribution in [1.29, 1.82) is 0 Å². The van der Waals surface area contributed by atoms with Crippen LogP contribution in [-0.4, -0.2) is 42.3 Å². The van der Waals surface area contributed by atoms with Crippen LogP contribution in [0.1, 0.15) is 39.2 Å². The number of nitrogens with one attached hydrogen (secondary N) is 1. The standard InChI is InChI=1S/C18H27ClN2O2/c1-18(2,3)23-17(22)21-12-9-16(10-13-21)20-11-8-14-4-6-15(19)7-5-14/h4-7,16,20H,8-13H2,1-3H3. The number of likely N-dealkylation sites (tertiary alicyclic amines) is 1. The summed E-state index contributed by atoms with van der Waals surface area (Å²) in [6, 6.07) is 8.46. The minimum atomic E-state index is -0.426. The van der Waals surface area contributed by atoms with E-state index in [2.05, 4.69) is 17.4 Å². The van der Waals surface area contributed by atoms with Crippen molar-refractivity contribution in [3.63, 3.8) is 0 Å². The quantitative estimate of drug-likeness (QED) is 0.906. The van der Waals surface area contributed by atoms with Gasteiger partial charge in [-0.3, -0.25) is 0 Å². The van der Waals surface area contributed by atoms with Gasteiger partial charge in [-0.15, -0.1) is 0 Å². The minimum Gasteiger partial charge on any atom is -0.444 e. The maximum Gasteiger partial charge on any atom is 0.410 e. The molecule has 1 heterocycles. The predicted molar refractivity (Wildman–Crippen MR) is 94.0 cm³/mol. The van der Waals surface area contributed by atoms with Crippen molar-refractivity contribution in [2.75, 3.05) is 19.6 Å². The lowest BCUT2D eigenvalue weighted by Gasteiger charge is -2.33. The topological polar surface area (TPSA) is 41.6 Å². The fourth-order valence-corrected chi connectivity index (χ4v) is 2.79. The molecule has 1 saturated heterocycles. The predicted octanol–water partition coefficient (Wildman–Crippen LogP) is 3.87. The highest BCUT2D eigenvalue weighted by molar-refractivity contribution is 6.30. The molecule has 1 aliphatic rings. The molecule has 128 valence electrons. The molecule has 4 nitrogen and oxygen atoms in total. The Hall–Kier alpha value is -1.26. The van der Waals surface area contributed by atoms with Crippen molar-refractivity contribution >= 4 is 17.7 Å². The van der Waals surface area contributed by atoms with Crippen LogP contribution in [0.2, 0.25) is 5.02 Å². The second-order valence-electron chi connectivity index (χ2n) is 7.07. The summed E-state index contributed by atoms with van der Waals surface area (Å²) in [5.41, 5.74) is 0.859. The third-order valence-electron chi connectivity index (χ3n) is 3.91. The van der Waals surface area contributed by atoms with Gasteiger partial charge in [0.25, 0.3) is 0 Å². The molecule has 1 aromatic carbocycles. The average Bonchev–Trinajstić information content (AvgIpc) is 2.48. The number of benzene rings is 1. The van der Waals surface area contributed by atoms with Crippen molar-refractivity contribution in [1.82, 2.24) is 10.2 Å². The first-order chi connectivity index (χ1) is 10.8. The summed E-state index contributed by atoms with van der Waals surface area (Å²) in [5.74, 6) is 0. The number of amides is 1. The largest absolute Gasteiger partial charge is 0.444 e. The number of carbonyl (C=O) groups is 1. The third-order valence-corrected chi connectivity index (χ3v) is 4.16. The van der Waals surface area contributed by atoms with E-state index in [-0.39, 0.29) is 6.09 Å². The Morgan fingerprint density at radius 3 is 2.43 bits per heavy atom. The van der Waals surface area contributed by atoms with Gasteiger partial charge in [0.15, 0.2) is 0 Å². The highest BCUT2D eigenvalue weighted by Crippen LogP contribution is 2.15. The summed E-state index contributed by atoms with van der Waals surface area (Å²) in [6.45, 7) is 8.15. The van der Waals surface area contributed by atoms with E-state index in [4.69, 9.17) is 16.3 Å². The molecule has 0 saturated carbocycles. The number of hydrogen-bond acceptors (Lipinski definition) is 3. The van der Waals surface area contributed by atoms with Gasteiger partial charge in [-0.05, 0) is 64.3 Å². The van der Waals surface area contributed by atoms with Crippen LogP contribution in [0.3, 0.4) is 0 Å². The highest BCUT2D eigenvalue weighted by Gasteiger charge is 2.26. The van der Waals surface area contributed by atoms with Gasteiger partial charge in [0.05, 0.1) is 0 Å². The van der Waals surface area contributed by atoms with Gasteiger partial charge < -0.3 is 15.0 Å². The van der Waals surface area contributed by atoms with E-state index in [0.717, 1.165) is 43.9 Å². The Morgan fingerprint density at radius 2 is 1.87 bits per heavy atom. The number of nitrogens with zero attached hydrogens (tertiary/aromatic N) is 1. The van der Waals surface area contributed by atoms with E-state index in [1.165, 1.54) is 5.56 Å². The lowest BCUT2D eigenvalue weighted by Crippen LogP contribution is -2.46. The van der Waals surface area contributed by atoms with E-state index in [1.54, 1.807) is 0 Å². The third kappa shape index (κ3) is 6.40. The Bertz CT molecular complexity index is 503. The molecule has 1 aromatic rings. The molecular formula is C18H27ClN2O2. The first-order valence-electron chi connectivity index (χ1n) is 8.29. The highest BCUT2D eigenvalue weighted by atomic mass is 35.5. The maximum absolute atomic E-state index is 12.0. The second kappa shape index (κ2) is 8.02. The second-order valence-corrected chi connectivity index (χ2v) is 7.51. The number of ether oxygens (including phenoxy) is 1. The van der Waals surface area contributed by atoms with E-state index in [9.17, 15) is 4.79 Å². The summed E-state index contributed by atoms with van der Waals surface area (Å²) in [7, 11) is 0. The van der Waals surface area contributed by atoms with Gasteiger partial charge in [0, 0.05) is 24.2 Å². The van der Waals surface area contributed by atoms with E-state index in [0.29, 0.717) is 6.04 Å². The molecule has 1 fully saturated rings. The fraction of sp³-hybridized carbons (Fsp3) is 0.611. The van der Waals surface area contributed by atoms with Gasteiger partial charge in [-0.1, -0.05) is 23.7 Å². The molecule has 1 N–H and O–H groups in total. The zero-order valence-electron chi connectivity index (χ0n) is 14.3. The number of hydrogen-bond donors (Lipinski definition) is 1. The number of rotatable bonds is 4. The van der Waals surface area contributed by atoms with Crippen molar-refractivity contribution in [3.8, 4) is 0 Å². The summed E-state index contributed by atoms with van der Waals surface area (Å²) < 4.78 is 5.42. The summed E-state index contributed by atoms with van der Waals surface area (Å²) in [4.78, 5) is 13.8. The number of carbonyl (C=O) groups excluding carboxylic acids is 1. The normalized spacial score (nSPS) is 16.4. The molecule has 23 heavy (non-hydrogen) atoms. The van der Waals surface area contributed by atoms with Gasteiger partial charge in [-0.25, -0.2) is 4.79 Å². The molecule has 0 bridgehead atoms. The molecular weight excluding hydrogens is 312 g/mol. The minimum absolute atomic E-state index is 0.197. The van der Waals surface area contributed by atoms with Crippen LogP contribution in [0.4, 0.5) is 4.79 Å². The maximum atomic E-state index is 12.0. The van der Waals surface area contributed by atoms with Crippen LogP contribution >= 0.6 is 11.6 Å². The molecule has 0 atom stereocenters. The zero-order valence-corrected chi connectivity index (χ0v) is 15.0. The summed E-state index contributed by atoms with van der Waals surface area (Å²) >= 11 is 5.89. The Morgan fingerprint density at radius 1 is 1.26 bits per heavy atom. The Kier molecular flexibility index (Phi) is 6.31. The van der Waals surface area contributed by atoms with Crippen molar-refractivity contribution in [3.05, 3.63) is 34.9 Å². The number of piperidine rings is 1. The SMILES string of the molecule is CC(C)(C)OC(=O)N1CCC(NCCc2ccc(Cl)cc2)CC1. The van der Waals surface area contributed by atoms with E-state index >= 15 is 0 Å². The lowest BCUT2D eigenvalue weighted by molar-refractivity contribution is 0.0198. The van der Waals surface area contributed by atoms with Gasteiger partial charge >= 0.3 is 6.09 Å². The van der Waals surface area contributed by atoms with Crippen LogP contribution in [0.25, 0.3) is 0 Å². The Labute approximate surface area is 144 Å². The molecule has 1 amide bonds. The summed E-state index contributed by atoms with van der Waals surface area (Å²) in [5, 5.41) is 4.35. The average molecular weight is 339 g/mol. The molecule has 0 radical (unpaired) electrons. The fourth-order valence-electron chi connectivity index (χ4n) is 2.66.